The highest BCUT2D eigenvalue weighted by Gasteiger charge is 2.66. The number of aryl methyl sites for hydroxylation is 1. The van der Waals surface area contributed by atoms with Gasteiger partial charge >= 0.3 is 0 Å². The third-order valence-corrected chi connectivity index (χ3v) is 17.8. The lowest BCUT2D eigenvalue weighted by molar-refractivity contribution is -0.146. The largest absolute Gasteiger partial charge is 0.497 e. The van der Waals surface area contributed by atoms with Crippen LogP contribution in [0.2, 0.25) is 18.6 Å². The molecule has 1 saturated heterocycles. The SMILES string of the molecule is COc1ccc([Si](C)(C)[C@@H]2[C@@H](CCn3cc(C(CO)c4ccccc4)nn3)O[C@]3(C(=O)N(Cc4ccc(N5C(=O)COc6ccccc65)cc4)c4ccc(Br)cc43)[C@H]2C)cc1. The van der Waals surface area contributed by atoms with Crippen molar-refractivity contribution in [1.29, 1.82) is 0 Å². The minimum atomic E-state index is -2.40. The molecule has 2 amide bonds. The highest BCUT2D eigenvalue weighted by atomic mass is 79.9. The molecule has 1 spiro atoms. The van der Waals surface area contributed by atoms with Crippen molar-refractivity contribution in [2.24, 2.45) is 5.92 Å². The van der Waals surface area contributed by atoms with Gasteiger partial charge in [-0.05, 0) is 77.7 Å². The number of rotatable bonds is 12. The molecule has 0 saturated carbocycles. The molecule has 0 radical (unpaired) electrons. The molecule has 1 unspecified atom stereocenters. The van der Waals surface area contributed by atoms with Crippen molar-refractivity contribution in [3.8, 4) is 11.5 Å². The van der Waals surface area contributed by atoms with Crippen molar-refractivity contribution in [2.75, 3.05) is 30.1 Å². The van der Waals surface area contributed by atoms with Gasteiger partial charge in [0, 0.05) is 34.4 Å². The van der Waals surface area contributed by atoms with Crippen molar-refractivity contribution in [2.45, 2.75) is 62.7 Å². The molecular weight excluding hydrogens is 851 g/mol. The lowest BCUT2D eigenvalue weighted by atomic mass is 9.82. The Kier molecular flexibility index (Phi) is 10.9. The number of carbonyl (C=O) groups excluding carboxylic acids is 2. The summed E-state index contributed by atoms with van der Waals surface area (Å²) in [6, 6.07) is 39.6. The fourth-order valence-corrected chi connectivity index (χ4v) is 14.3. The number of fused-ring (bicyclic) bond motifs is 3. The molecular formula is C48H48BrN5O6Si. The number of hydrogen-bond acceptors (Lipinski definition) is 8. The normalized spacial score (nSPS) is 21.4. The first-order valence-corrected chi connectivity index (χ1v) is 24.5. The number of amides is 2. The zero-order chi connectivity index (χ0) is 42.5. The van der Waals surface area contributed by atoms with Gasteiger partial charge in [0.1, 0.15) is 11.5 Å². The van der Waals surface area contributed by atoms with Crippen LogP contribution >= 0.6 is 15.9 Å². The topological polar surface area (TPSA) is 119 Å². The number of methoxy groups -OCH3 is 1. The van der Waals surface area contributed by atoms with E-state index in [1.54, 1.807) is 12.0 Å². The van der Waals surface area contributed by atoms with Gasteiger partial charge in [-0.15, -0.1) is 5.10 Å². The van der Waals surface area contributed by atoms with Crippen LogP contribution in [0.4, 0.5) is 17.1 Å². The number of aromatic nitrogens is 3. The second-order valence-electron chi connectivity index (χ2n) is 16.7. The maximum absolute atomic E-state index is 15.4. The Balaban J connectivity index is 1.04. The molecule has 3 aliphatic heterocycles. The van der Waals surface area contributed by atoms with Crippen molar-refractivity contribution in [3.05, 3.63) is 154 Å². The van der Waals surface area contributed by atoms with Gasteiger partial charge in [0.05, 0.1) is 57.4 Å². The summed E-state index contributed by atoms with van der Waals surface area (Å²) < 4.78 is 21.3. The summed E-state index contributed by atoms with van der Waals surface area (Å²) in [5, 5.41) is 20.6. The molecule has 3 aliphatic rings. The fraction of sp³-hybridized carbons (Fsp3) is 0.292. The molecule has 0 bridgehead atoms. The zero-order valence-corrected chi connectivity index (χ0v) is 37.2. The van der Waals surface area contributed by atoms with Crippen LogP contribution in [0.25, 0.3) is 0 Å². The van der Waals surface area contributed by atoms with E-state index in [-0.39, 0.29) is 48.5 Å². The number of halogens is 1. The van der Waals surface area contributed by atoms with Crippen LogP contribution in [0.1, 0.15) is 41.6 Å². The molecule has 61 heavy (non-hydrogen) atoms. The molecule has 11 nitrogen and oxygen atoms in total. The number of benzene rings is 5. The van der Waals surface area contributed by atoms with Crippen LogP contribution in [0.3, 0.4) is 0 Å². The predicted molar refractivity (Wildman–Crippen MR) is 240 cm³/mol. The van der Waals surface area contributed by atoms with Crippen molar-refractivity contribution >= 4 is 58.1 Å². The average Bonchev–Trinajstić information content (AvgIpc) is 3.94. The van der Waals surface area contributed by atoms with E-state index in [0.29, 0.717) is 36.6 Å². The Morgan fingerprint density at radius 3 is 2.41 bits per heavy atom. The quantitative estimate of drug-likeness (QED) is 0.123. The van der Waals surface area contributed by atoms with Crippen molar-refractivity contribution in [3.63, 3.8) is 0 Å². The molecule has 0 aliphatic carbocycles. The second kappa shape index (κ2) is 16.3. The Morgan fingerprint density at radius 2 is 1.67 bits per heavy atom. The van der Waals surface area contributed by atoms with Crippen LogP contribution in [0, 0.1) is 5.92 Å². The van der Waals surface area contributed by atoms with E-state index in [9.17, 15) is 9.90 Å². The molecule has 13 heteroatoms. The van der Waals surface area contributed by atoms with Gasteiger partial charge in [-0.2, -0.15) is 0 Å². The standard InChI is InChI=1S/C48H48BrN5O6Si/c1-31-46(61(3,4)37-21-19-36(58-2)20-22-37)44(24-25-52-28-40(50-51-52)38(29-55)33-10-6-5-7-11-33)60-48(31)39-26-34(49)16-23-41(39)53(47(48)57)27-32-14-17-35(18-15-32)54-42-12-8-9-13-43(42)59-30-45(54)56/h5-23,26,28,31,38,44,46,55H,24-25,27,29-30H2,1-4H3/t31-,38?,44+,46-,48+/m0/s1. The second-order valence-corrected chi connectivity index (χ2v) is 22.3. The number of ether oxygens (including phenoxy) is 3. The third-order valence-electron chi connectivity index (χ3n) is 13.0. The maximum atomic E-state index is 15.4. The number of para-hydroxylation sites is 2. The first-order chi connectivity index (χ1) is 29.5. The maximum Gasteiger partial charge on any atom is 0.269 e. The summed E-state index contributed by atoms with van der Waals surface area (Å²) in [7, 11) is -0.725. The Bertz CT molecular complexity index is 2570. The number of nitrogens with zero attached hydrogens (tertiary/aromatic N) is 5. The van der Waals surface area contributed by atoms with Crippen LogP contribution in [0.5, 0.6) is 11.5 Å². The fourth-order valence-electron chi connectivity index (χ4n) is 9.93. The van der Waals surface area contributed by atoms with Gasteiger partial charge in [0.15, 0.2) is 12.2 Å². The van der Waals surface area contributed by atoms with Gasteiger partial charge < -0.3 is 24.2 Å². The van der Waals surface area contributed by atoms with Gasteiger partial charge in [-0.3, -0.25) is 19.2 Å². The molecule has 5 atom stereocenters. The van der Waals surface area contributed by atoms with Gasteiger partial charge in [-0.25, -0.2) is 0 Å². The molecule has 1 aromatic heterocycles. The number of aliphatic hydroxyl groups is 1. The lowest BCUT2D eigenvalue weighted by Crippen LogP contribution is -2.51. The van der Waals surface area contributed by atoms with Gasteiger partial charge in [0.2, 0.25) is 0 Å². The molecule has 4 heterocycles. The average molecular weight is 899 g/mol. The molecule has 9 rings (SSSR count). The van der Waals surface area contributed by atoms with Gasteiger partial charge in [0.25, 0.3) is 11.8 Å². The van der Waals surface area contributed by atoms with Crippen LogP contribution in [-0.2, 0) is 33.0 Å². The van der Waals surface area contributed by atoms with Crippen molar-refractivity contribution in [1.82, 2.24) is 15.0 Å². The number of anilines is 3. The van der Waals surface area contributed by atoms with Crippen molar-refractivity contribution < 1.29 is 28.9 Å². The predicted octanol–water partition coefficient (Wildman–Crippen LogP) is 8.08. The third kappa shape index (κ3) is 7.16. The Hall–Kier alpha value is -5.60. The molecule has 1 fully saturated rings. The minimum absolute atomic E-state index is 0.0300. The number of carbonyl (C=O) groups is 2. The Morgan fingerprint density at radius 1 is 0.934 bits per heavy atom. The summed E-state index contributed by atoms with van der Waals surface area (Å²) in [6.45, 7) is 7.67. The van der Waals surface area contributed by atoms with E-state index in [0.717, 1.165) is 38.3 Å². The number of aliphatic hydroxyl groups excluding tert-OH is 1. The highest BCUT2D eigenvalue weighted by molar-refractivity contribution is 9.10. The van der Waals surface area contributed by atoms with E-state index in [1.807, 2.05) is 119 Å². The first-order valence-electron chi connectivity index (χ1n) is 20.7. The first kappa shape index (κ1) is 40.8. The minimum Gasteiger partial charge on any atom is -0.497 e. The van der Waals surface area contributed by atoms with Crippen LogP contribution in [-0.4, -0.2) is 66.4 Å². The van der Waals surface area contributed by atoms with E-state index in [4.69, 9.17) is 14.2 Å². The highest BCUT2D eigenvalue weighted by Crippen LogP contribution is 2.60. The van der Waals surface area contributed by atoms with E-state index >= 15 is 4.79 Å². The summed E-state index contributed by atoms with van der Waals surface area (Å²) in [6.07, 6.45) is 2.22. The summed E-state index contributed by atoms with van der Waals surface area (Å²) in [4.78, 5) is 32.1. The monoisotopic (exact) mass is 897 g/mol. The molecule has 1 N–H and O–H groups in total. The molecule has 5 aromatic carbocycles. The van der Waals surface area contributed by atoms with Crippen LogP contribution < -0.4 is 24.5 Å². The van der Waals surface area contributed by atoms with E-state index in [2.05, 4.69) is 64.5 Å². The summed E-state index contributed by atoms with van der Waals surface area (Å²) >= 11 is 3.74. The van der Waals surface area contributed by atoms with Gasteiger partial charge in [-0.1, -0.05) is 113 Å². The Labute approximate surface area is 365 Å². The zero-order valence-electron chi connectivity index (χ0n) is 34.6. The number of hydrogen-bond donors (Lipinski definition) is 1. The summed E-state index contributed by atoms with van der Waals surface area (Å²) in [5.74, 6) is 0.744. The lowest BCUT2D eigenvalue weighted by Gasteiger charge is -2.37. The van der Waals surface area contributed by atoms with Crippen LogP contribution in [0.15, 0.2) is 132 Å². The van der Waals surface area contributed by atoms with E-state index < -0.39 is 13.7 Å². The molecule has 312 valence electrons. The molecule has 6 aromatic rings. The van der Waals surface area contributed by atoms with E-state index in [1.165, 1.54) is 5.19 Å². The summed E-state index contributed by atoms with van der Waals surface area (Å²) in [5.41, 5.74) is 4.49. The smallest absolute Gasteiger partial charge is 0.269 e.